The number of carbonyl (C=O) groups is 2. The van der Waals surface area contributed by atoms with Crippen LogP contribution in [-0.4, -0.2) is 50.5 Å². The third-order valence-electron chi connectivity index (χ3n) is 8.20. The lowest BCUT2D eigenvalue weighted by Gasteiger charge is -2.50. The van der Waals surface area contributed by atoms with Gasteiger partial charge in [-0.3, -0.25) is 9.59 Å². The topological polar surface area (TPSA) is 104 Å². The van der Waals surface area contributed by atoms with Gasteiger partial charge in [0.25, 0.3) is 0 Å². The predicted molar refractivity (Wildman–Crippen MR) is 101 cm³/mol. The largest absolute Gasteiger partial charge is 0.458 e. The summed E-state index contributed by atoms with van der Waals surface area (Å²) in [5, 5.41) is 33.4. The third kappa shape index (κ3) is 2.09. The van der Waals surface area contributed by atoms with Gasteiger partial charge < -0.3 is 20.1 Å². The maximum absolute atomic E-state index is 12.8. The van der Waals surface area contributed by atoms with Crippen LogP contribution in [0.15, 0.2) is 23.3 Å². The van der Waals surface area contributed by atoms with E-state index < -0.39 is 28.6 Å². The summed E-state index contributed by atoms with van der Waals surface area (Å²) in [4.78, 5) is 24.7. The molecule has 6 heteroatoms. The standard InChI is InChI=1S/C22H30O6/c1-11-6-16-20(26,18(11)25)9-14(10-23)7-15-17-19(4,5)21(17,28-13(3)24)8-12(2)22(15,16)27/h6-7,12,15-17,23,26-27H,8-10H2,1-5H3/t12-,15?,16?,17?,20-,21+,22+/m1/s1. The Morgan fingerprint density at radius 1 is 1.29 bits per heavy atom. The lowest BCUT2D eigenvalue weighted by Crippen LogP contribution is -2.61. The van der Waals surface area contributed by atoms with E-state index in [4.69, 9.17) is 4.74 Å². The molecule has 0 aromatic rings. The number of hydrogen-bond donors (Lipinski definition) is 3. The monoisotopic (exact) mass is 390 g/mol. The third-order valence-corrected chi connectivity index (χ3v) is 8.20. The molecule has 0 aromatic carbocycles. The molecule has 3 unspecified atom stereocenters. The zero-order valence-corrected chi connectivity index (χ0v) is 17.2. The molecule has 4 aliphatic rings. The van der Waals surface area contributed by atoms with Crippen molar-refractivity contribution in [3.63, 3.8) is 0 Å². The predicted octanol–water partition coefficient (Wildman–Crippen LogP) is 1.53. The first-order valence-corrected chi connectivity index (χ1v) is 10.0. The summed E-state index contributed by atoms with van der Waals surface area (Å²) in [7, 11) is 0. The first kappa shape index (κ1) is 19.8. The number of aliphatic hydroxyl groups is 3. The lowest BCUT2D eigenvalue weighted by molar-refractivity contribution is -0.186. The van der Waals surface area contributed by atoms with Gasteiger partial charge in [-0.05, 0) is 30.4 Å². The van der Waals surface area contributed by atoms with Gasteiger partial charge in [0.05, 0.1) is 12.2 Å². The Kier molecular flexibility index (Phi) is 3.93. The highest BCUT2D eigenvalue weighted by molar-refractivity contribution is 6.04. The number of aliphatic hydroxyl groups excluding tert-OH is 1. The average Bonchev–Trinajstić information content (AvgIpc) is 2.99. The average molecular weight is 390 g/mol. The van der Waals surface area contributed by atoms with E-state index in [1.807, 2.05) is 26.8 Å². The molecular weight excluding hydrogens is 360 g/mol. The molecule has 0 amide bonds. The molecule has 28 heavy (non-hydrogen) atoms. The van der Waals surface area contributed by atoms with Gasteiger partial charge in [-0.25, -0.2) is 0 Å². The SMILES string of the molecule is CC(=O)O[C@@]12C[C@@H](C)[C@]3(O)C(C=C(CO)C[C@]4(O)C(=O)C(C)=CC34)C1C2(C)C. The molecular formula is C22H30O6. The number of esters is 1. The molecule has 6 nitrogen and oxygen atoms in total. The summed E-state index contributed by atoms with van der Waals surface area (Å²) >= 11 is 0. The van der Waals surface area contributed by atoms with Crippen LogP contribution in [0, 0.1) is 29.1 Å². The van der Waals surface area contributed by atoms with E-state index in [9.17, 15) is 24.9 Å². The smallest absolute Gasteiger partial charge is 0.303 e. The Hall–Kier alpha value is -1.50. The van der Waals surface area contributed by atoms with Gasteiger partial charge in [0.15, 0.2) is 5.78 Å². The minimum Gasteiger partial charge on any atom is -0.458 e. The zero-order valence-electron chi connectivity index (χ0n) is 17.2. The van der Waals surface area contributed by atoms with Crippen LogP contribution in [-0.2, 0) is 14.3 Å². The van der Waals surface area contributed by atoms with E-state index in [-0.39, 0.29) is 42.0 Å². The molecule has 154 valence electrons. The molecule has 0 heterocycles. The fourth-order valence-corrected chi connectivity index (χ4v) is 6.85. The number of ketones is 1. The summed E-state index contributed by atoms with van der Waals surface area (Å²) in [6.07, 6.45) is 4.00. The van der Waals surface area contributed by atoms with E-state index in [1.165, 1.54) is 6.92 Å². The normalized spacial score (nSPS) is 48.5. The fraction of sp³-hybridized carbons (Fsp3) is 0.727. The molecule has 0 saturated heterocycles. The second kappa shape index (κ2) is 5.55. The van der Waals surface area contributed by atoms with Crippen LogP contribution in [0.5, 0.6) is 0 Å². The first-order valence-electron chi connectivity index (χ1n) is 10.0. The molecule has 0 aliphatic heterocycles. The molecule has 0 bridgehead atoms. The van der Waals surface area contributed by atoms with Crippen molar-refractivity contribution in [2.75, 3.05) is 6.61 Å². The summed E-state index contributed by atoms with van der Waals surface area (Å²) in [6, 6.07) is 0. The van der Waals surface area contributed by atoms with E-state index in [0.29, 0.717) is 17.6 Å². The summed E-state index contributed by atoms with van der Waals surface area (Å²) in [5.74, 6) is -2.42. The second-order valence-corrected chi connectivity index (χ2v) is 9.94. The Labute approximate surface area is 165 Å². The highest BCUT2D eigenvalue weighted by Crippen LogP contribution is 2.76. The van der Waals surface area contributed by atoms with Crippen molar-refractivity contribution in [1.82, 2.24) is 0 Å². The van der Waals surface area contributed by atoms with Gasteiger partial charge in [0.1, 0.15) is 11.2 Å². The fourth-order valence-electron chi connectivity index (χ4n) is 6.85. The van der Waals surface area contributed by atoms with Crippen molar-refractivity contribution < 1.29 is 29.6 Å². The van der Waals surface area contributed by atoms with Crippen molar-refractivity contribution in [2.24, 2.45) is 29.1 Å². The second-order valence-electron chi connectivity index (χ2n) is 9.94. The van der Waals surface area contributed by atoms with E-state index in [0.717, 1.165) is 0 Å². The summed E-state index contributed by atoms with van der Waals surface area (Å²) in [5.41, 5.74) is -3.19. The van der Waals surface area contributed by atoms with Crippen LogP contribution >= 0.6 is 0 Å². The van der Waals surface area contributed by atoms with Crippen LogP contribution in [0.2, 0.25) is 0 Å². The lowest BCUT2D eigenvalue weighted by atomic mass is 9.60. The van der Waals surface area contributed by atoms with Crippen molar-refractivity contribution in [1.29, 1.82) is 0 Å². The summed E-state index contributed by atoms with van der Waals surface area (Å²) < 4.78 is 5.83. The zero-order chi connectivity index (χ0) is 20.9. The Morgan fingerprint density at radius 2 is 1.93 bits per heavy atom. The molecule has 0 spiro atoms. The molecule has 4 rings (SSSR count). The number of Topliss-reactive ketones (excluding diaryl/α,β-unsaturated/α-hetero) is 1. The Bertz CT molecular complexity index is 825. The van der Waals surface area contributed by atoms with Gasteiger partial charge in [0.2, 0.25) is 0 Å². The molecule has 2 saturated carbocycles. The molecule has 2 fully saturated rings. The molecule has 0 aromatic heterocycles. The number of fused-ring (bicyclic) bond motifs is 5. The van der Waals surface area contributed by atoms with E-state index in [1.54, 1.807) is 13.0 Å². The number of rotatable bonds is 2. The number of carbonyl (C=O) groups excluding carboxylic acids is 2. The Morgan fingerprint density at radius 3 is 2.50 bits per heavy atom. The maximum Gasteiger partial charge on any atom is 0.303 e. The number of hydrogen-bond acceptors (Lipinski definition) is 6. The van der Waals surface area contributed by atoms with Crippen LogP contribution < -0.4 is 0 Å². The highest BCUT2D eigenvalue weighted by Gasteiger charge is 2.83. The van der Waals surface area contributed by atoms with Crippen molar-refractivity contribution in [2.45, 2.75) is 64.3 Å². The molecule has 3 N–H and O–H groups in total. The van der Waals surface area contributed by atoms with Gasteiger partial charge in [-0.1, -0.05) is 32.9 Å². The van der Waals surface area contributed by atoms with E-state index in [2.05, 4.69) is 0 Å². The minimum atomic E-state index is -1.75. The van der Waals surface area contributed by atoms with E-state index >= 15 is 0 Å². The quantitative estimate of drug-likeness (QED) is 0.488. The molecule has 4 aliphatic carbocycles. The van der Waals surface area contributed by atoms with Crippen molar-refractivity contribution >= 4 is 11.8 Å². The summed E-state index contributed by atoms with van der Waals surface area (Å²) in [6.45, 7) is 8.72. The van der Waals surface area contributed by atoms with Crippen LogP contribution in [0.4, 0.5) is 0 Å². The molecule has 7 atom stereocenters. The van der Waals surface area contributed by atoms with Crippen LogP contribution in [0.1, 0.15) is 47.5 Å². The minimum absolute atomic E-state index is 0.0000834. The van der Waals surface area contributed by atoms with Crippen molar-refractivity contribution in [3.05, 3.63) is 23.3 Å². The maximum atomic E-state index is 12.8. The van der Waals surface area contributed by atoms with Gasteiger partial charge in [0, 0.05) is 36.5 Å². The molecule has 0 radical (unpaired) electrons. The van der Waals surface area contributed by atoms with Gasteiger partial charge >= 0.3 is 5.97 Å². The van der Waals surface area contributed by atoms with Crippen LogP contribution in [0.3, 0.4) is 0 Å². The van der Waals surface area contributed by atoms with Gasteiger partial charge in [-0.15, -0.1) is 0 Å². The first-order chi connectivity index (χ1) is 12.9. The van der Waals surface area contributed by atoms with Gasteiger partial charge in [-0.2, -0.15) is 0 Å². The van der Waals surface area contributed by atoms with Crippen LogP contribution in [0.25, 0.3) is 0 Å². The van der Waals surface area contributed by atoms with Crippen molar-refractivity contribution in [3.8, 4) is 0 Å². The Balaban J connectivity index is 1.90. The highest BCUT2D eigenvalue weighted by atomic mass is 16.6. The number of ether oxygens (including phenoxy) is 1.